The molecule has 1 aromatic heterocycles. The summed E-state index contributed by atoms with van der Waals surface area (Å²) < 4.78 is 4.41. The van der Waals surface area contributed by atoms with Crippen LogP contribution in [0.1, 0.15) is 5.56 Å². The first-order chi connectivity index (χ1) is 5.83. The molecule has 0 aliphatic carbocycles. The van der Waals surface area contributed by atoms with Crippen molar-refractivity contribution in [2.45, 2.75) is 0 Å². The van der Waals surface area contributed by atoms with Gasteiger partial charge in [0.05, 0.1) is 19.5 Å². The molecule has 4 nitrogen and oxygen atoms in total. The van der Waals surface area contributed by atoms with E-state index < -0.39 is 0 Å². The van der Waals surface area contributed by atoms with Crippen LogP contribution in [0.2, 0.25) is 0 Å². The number of hydrogen-bond donors (Lipinski definition) is 0. The maximum atomic E-state index is 10.6. The van der Waals surface area contributed by atoms with E-state index in [1.807, 2.05) is 0 Å². The highest BCUT2D eigenvalue weighted by atomic mass is 16.5. The molecule has 0 atom stereocenters. The molecule has 0 N–H and O–H groups in total. The Labute approximate surface area is 69.9 Å². The fourth-order valence-electron chi connectivity index (χ4n) is 0.632. The van der Waals surface area contributed by atoms with Gasteiger partial charge in [0.25, 0.3) is 0 Å². The summed E-state index contributed by atoms with van der Waals surface area (Å²) in [5.41, 5.74) is 0.815. The third-order valence-corrected chi connectivity index (χ3v) is 1.22. The summed E-state index contributed by atoms with van der Waals surface area (Å²) in [6.45, 7) is 0. The van der Waals surface area contributed by atoms with Gasteiger partial charge in [0.1, 0.15) is 0 Å². The molecule has 1 aromatic rings. The van der Waals surface area contributed by atoms with Gasteiger partial charge < -0.3 is 4.74 Å². The Balaban J connectivity index is 2.64. The largest absolute Gasteiger partial charge is 0.466 e. The second kappa shape index (κ2) is 4.23. The fraction of sp³-hybridized carbons (Fsp3) is 0.125. The third-order valence-electron chi connectivity index (χ3n) is 1.22. The SMILES string of the molecule is COC(=O)C=Cc1ccnnc1. The molecule has 0 saturated carbocycles. The molecule has 0 spiro atoms. The van der Waals surface area contributed by atoms with E-state index in [0.29, 0.717) is 0 Å². The van der Waals surface area contributed by atoms with Crippen molar-refractivity contribution in [3.05, 3.63) is 30.1 Å². The van der Waals surface area contributed by atoms with Gasteiger partial charge in [0, 0.05) is 6.08 Å². The molecule has 4 heteroatoms. The molecule has 0 amide bonds. The van der Waals surface area contributed by atoms with Crippen molar-refractivity contribution in [2.24, 2.45) is 0 Å². The first kappa shape index (κ1) is 8.39. The van der Waals surface area contributed by atoms with E-state index in [-0.39, 0.29) is 5.97 Å². The van der Waals surface area contributed by atoms with Crippen molar-refractivity contribution < 1.29 is 9.53 Å². The zero-order valence-electron chi connectivity index (χ0n) is 6.60. The standard InChI is InChI=1S/C8H8N2O2/c1-12-8(11)3-2-7-4-5-9-10-6-7/h2-6H,1H3. The van der Waals surface area contributed by atoms with Gasteiger partial charge in [0.15, 0.2) is 0 Å². The molecule has 12 heavy (non-hydrogen) atoms. The number of hydrogen-bond acceptors (Lipinski definition) is 4. The molecule has 62 valence electrons. The number of carbonyl (C=O) groups excluding carboxylic acids is 1. The molecule has 1 rings (SSSR count). The van der Waals surface area contributed by atoms with E-state index in [4.69, 9.17) is 0 Å². The van der Waals surface area contributed by atoms with Gasteiger partial charge in [-0.3, -0.25) is 0 Å². The van der Waals surface area contributed by atoms with Crippen LogP contribution < -0.4 is 0 Å². The molecule has 0 saturated heterocycles. The smallest absolute Gasteiger partial charge is 0.330 e. The van der Waals surface area contributed by atoms with E-state index in [2.05, 4.69) is 14.9 Å². The summed E-state index contributed by atoms with van der Waals surface area (Å²) >= 11 is 0. The lowest BCUT2D eigenvalue weighted by Crippen LogP contribution is -1.93. The highest BCUT2D eigenvalue weighted by molar-refractivity contribution is 5.86. The molecule has 0 fully saturated rings. The van der Waals surface area contributed by atoms with Gasteiger partial charge in [-0.2, -0.15) is 10.2 Å². The average Bonchev–Trinajstić information content (AvgIpc) is 2.16. The van der Waals surface area contributed by atoms with Gasteiger partial charge in [-0.15, -0.1) is 0 Å². The molecule has 0 bridgehead atoms. The van der Waals surface area contributed by atoms with Gasteiger partial charge in [-0.1, -0.05) is 0 Å². The minimum Gasteiger partial charge on any atom is -0.466 e. The minimum absolute atomic E-state index is 0.383. The maximum Gasteiger partial charge on any atom is 0.330 e. The third kappa shape index (κ3) is 2.49. The number of ether oxygens (including phenoxy) is 1. The van der Waals surface area contributed by atoms with Crippen molar-refractivity contribution in [3.63, 3.8) is 0 Å². The molecule has 0 aliphatic rings. The summed E-state index contributed by atoms with van der Waals surface area (Å²) in [5.74, 6) is -0.383. The predicted octanol–water partition coefficient (Wildman–Crippen LogP) is 0.663. The van der Waals surface area contributed by atoms with Crippen molar-refractivity contribution in [1.82, 2.24) is 10.2 Å². The minimum atomic E-state index is -0.383. The van der Waals surface area contributed by atoms with Gasteiger partial charge in [-0.05, 0) is 17.7 Å². The summed E-state index contributed by atoms with van der Waals surface area (Å²) in [4.78, 5) is 10.6. The zero-order chi connectivity index (χ0) is 8.81. The first-order valence-electron chi connectivity index (χ1n) is 3.35. The number of rotatable bonds is 2. The molecule has 0 aliphatic heterocycles. The summed E-state index contributed by atoms with van der Waals surface area (Å²) in [6, 6.07) is 1.74. The number of esters is 1. The Hall–Kier alpha value is -1.71. The normalized spacial score (nSPS) is 10.1. The van der Waals surface area contributed by atoms with Gasteiger partial charge in [-0.25, -0.2) is 4.79 Å². The zero-order valence-corrected chi connectivity index (χ0v) is 6.60. The molecular weight excluding hydrogens is 156 g/mol. The van der Waals surface area contributed by atoms with Crippen molar-refractivity contribution in [1.29, 1.82) is 0 Å². The average molecular weight is 164 g/mol. The van der Waals surface area contributed by atoms with E-state index in [1.165, 1.54) is 13.2 Å². The van der Waals surface area contributed by atoms with Crippen LogP contribution in [0.25, 0.3) is 6.08 Å². The fourth-order valence-corrected chi connectivity index (χ4v) is 0.632. The molecule has 0 radical (unpaired) electrons. The van der Waals surface area contributed by atoms with Crippen LogP contribution in [0, 0.1) is 0 Å². The van der Waals surface area contributed by atoms with Crippen molar-refractivity contribution in [3.8, 4) is 0 Å². The summed E-state index contributed by atoms with van der Waals surface area (Å²) in [5, 5.41) is 7.23. The first-order valence-corrected chi connectivity index (χ1v) is 3.35. The van der Waals surface area contributed by atoms with Crippen LogP contribution in [0.4, 0.5) is 0 Å². The van der Waals surface area contributed by atoms with Crippen LogP contribution in [-0.2, 0) is 9.53 Å². The number of nitrogens with zero attached hydrogens (tertiary/aromatic N) is 2. The lowest BCUT2D eigenvalue weighted by Gasteiger charge is -1.90. The lowest BCUT2D eigenvalue weighted by atomic mass is 10.3. The van der Waals surface area contributed by atoms with Crippen LogP contribution >= 0.6 is 0 Å². The molecule has 1 heterocycles. The summed E-state index contributed by atoms with van der Waals surface area (Å²) in [7, 11) is 1.33. The lowest BCUT2D eigenvalue weighted by molar-refractivity contribution is -0.134. The highest BCUT2D eigenvalue weighted by Crippen LogP contribution is 1.96. The number of methoxy groups -OCH3 is 1. The Bertz CT molecular complexity index is 282. The van der Waals surface area contributed by atoms with Crippen LogP contribution in [0.5, 0.6) is 0 Å². The van der Waals surface area contributed by atoms with Crippen molar-refractivity contribution >= 4 is 12.0 Å². The molecular formula is C8H8N2O2. The topological polar surface area (TPSA) is 52.1 Å². The van der Waals surface area contributed by atoms with E-state index in [0.717, 1.165) is 5.56 Å². The quantitative estimate of drug-likeness (QED) is 0.476. The van der Waals surface area contributed by atoms with Gasteiger partial charge in [0.2, 0.25) is 0 Å². The van der Waals surface area contributed by atoms with Gasteiger partial charge >= 0.3 is 5.97 Å². The monoisotopic (exact) mass is 164 g/mol. The number of carbonyl (C=O) groups is 1. The Morgan fingerprint density at radius 1 is 1.58 bits per heavy atom. The van der Waals surface area contributed by atoms with Crippen molar-refractivity contribution in [2.75, 3.05) is 7.11 Å². The Morgan fingerprint density at radius 3 is 3.00 bits per heavy atom. The Kier molecular flexibility index (Phi) is 2.95. The van der Waals surface area contributed by atoms with Crippen LogP contribution in [0.3, 0.4) is 0 Å². The van der Waals surface area contributed by atoms with Crippen LogP contribution in [0.15, 0.2) is 24.5 Å². The predicted molar refractivity (Wildman–Crippen MR) is 43.1 cm³/mol. The highest BCUT2D eigenvalue weighted by Gasteiger charge is 1.90. The number of aromatic nitrogens is 2. The maximum absolute atomic E-state index is 10.6. The van der Waals surface area contributed by atoms with Crippen LogP contribution in [-0.4, -0.2) is 23.3 Å². The second-order valence-electron chi connectivity index (χ2n) is 2.03. The van der Waals surface area contributed by atoms with E-state index in [1.54, 1.807) is 24.5 Å². The second-order valence-corrected chi connectivity index (χ2v) is 2.03. The summed E-state index contributed by atoms with van der Waals surface area (Å²) in [6.07, 6.45) is 6.05. The van der Waals surface area contributed by atoms with E-state index in [9.17, 15) is 4.79 Å². The van der Waals surface area contributed by atoms with E-state index >= 15 is 0 Å². The molecule has 0 unspecified atom stereocenters. The Morgan fingerprint density at radius 2 is 2.42 bits per heavy atom. The molecule has 0 aromatic carbocycles.